The summed E-state index contributed by atoms with van der Waals surface area (Å²) >= 11 is 0. The molecule has 1 fully saturated rings. The van der Waals surface area contributed by atoms with Gasteiger partial charge in [0.25, 0.3) is 0 Å². The van der Waals surface area contributed by atoms with E-state index < -0.39 is 0 Å². The summed E-state index contributed by atoms with van der Waals surface area (Å²) in [6.45, 7) is 1.35. The number of hydrogen-bond acceptors (Lipinski definition) is 2. The molecule has 0 saturated heterocycles. The van der Waals surface area contributed by atoms with Gasteiger partial charge in [0.1, 0.15) is 0 Å². The van der Waals surface area contributed by atoms with Crippen LogP contribution in [0.25, 0.3) is 0 Å². The minimum atomic E-state index is 0. The normalized spacial score (nSPS) is 19.0. The van der Waals surface area contributed by atoms with Crippen LogP contribution in [0.2, 0.25) is 0 Å². The summed E-state index contributed by atoms with van der Waals surface area (Å²) in [6, 6.07) is 0.452. The molecule has 2 rings (SSSR count). The first-order valence-electron chi connectivity index (χ1n) is 8.17. The molecule has 0 aliphatic heterocycles. The fourth-order valence-corrected chi connectivity index (χ4v) is 3.05. The van der Waals surface area contributed by atoms with Crippen molar-refractivity contribution in [3.8, 4) is 0 Å². The molecule has 5 nitrogen and oxygen atoms in total. The van der Waals surface area contributed by atoms with Crippen molar-refractivity contribution in [1.29, 1.82) is 0 Å². The Bertz CT molecular complexity index is 384. The van der Waals surface area contributed by atoms with E-state index in [-0.39, 0.29) is 29.9 Å². The van der Waals surface area contributed by atoms with Crippen LogP contribution in [0.4, 0.5) is 0 Å². The molecule has 3 N–H and O–H groups in total. The van der Waals surface area contributed by atoms with Crippen molar-refractivity contribution in [1.82, 2.24) is 16.0 Å². The number of nitrogens with one attached hydrogen (secondary N) is 3. The first-order chi connectivity index (χ1) is 10.3. The number of aliphatic imine (C=N–C) groups is 1. The van der Waals surface area contributed by atoms with Crippen LogP contribution in [-0.4, -0.2) is 38.0 Å². The Balaban J connectivity index is 0.00000242. The second-order valence-corrected chi connectivity index (χ2v) is 5.99. The zero-order valence-corrected chi connectivity index (χ0v) is 15.8. The van der Waals surface area contributed by atoms with E-state index in [4.69, 9.17) is 0 Å². The van der Waals surface area contributed by atoms with Crippen molar-refractivity contribution in [3.05, 3.63) is 12.2 Å². The third-order valence-corrected chi connectivity index (χ3v) is 4.26. The van der Waals surface area contributed by atoms with E-state index in [1.807, 2.05) is 0 Å². The highest BCUT2D eigenvalue weighted by Gasteiger charge is 2.18. The van der Waals surface area contributed by atoms with Gasteiger partial charge in [-0.3, -0.25) is 9.79 Å². The maximum absolute atomic E-state index is 11.8. The zero-order valence-electron chi connectivity index (χ0n) is 13.4. The van der Waals surface area contributed by atoms with Gasteiger partial charge in [-0.1, -0.05) is 25.0 Å². The number of carbonyl (C=O) groups excluding carboxylic acids is 1. The Kier molecular flexibility index (Phi) is 9.50. The standard InChI is InChI=1S/C16H28N4O.HI/c1-17-16(20-14-8-4-5-9-14)19-11-10-18-15(21)12-13-6-2-3-7-13;/h4-5,13-14H,2-3,6-12H2,1H3,(H,18,21)(H2,17,19,20);1H. The molecule has 0 radical (unpaired) electrons. The van der Waals surface area contributed by atoms with Crippen molar-refractivity contribution < 1.29 is 4.79 Å². The summed E-state index contributed by atoms with van der Waals surface area (Å²) < 4.78 is 0. The Morgan fingerprint density at radius 2 is 1.77 bits per heavy atom. The van der Waals surface area contributed by atoms with Crippen LogP contribution in [-0.2, 0) is 4.79 Å². The molecule has 126 valence electrons. The summed E-state index contributed by atoms with van der Waals surface area (Å²) in [4.78, 5) is 16.0. The highest BCUT2D eigenvalue weighted by atomic mass is 127. The summed E-state index contributed by atoms with van der Waals surface area (Å²) in [5, 5.41) is 9.60. The van der Waals surface area contributed by atoms with E-state index in [1.165, 1.54) is 25.7 Å². The van der Waals surface area contributed by atoms with Crippen LogP contribution in [0.3, 0.4) is 0 Å². The molecule has 0 aromatic heterocycles. The fraction of sp³-hybridized carbons (Fsp3) is 0.750. The molecule has 0 unspecified atom stereocenters. The Morgan fingerprint density at radius 1 is 1.14 bits per heavy atom. The molecular weight excluding hydrogens is 391 g/mol. The molecule has 0 aromatic carbocycles. The number of halogens is 1. The van der Waals surface area contributed by atoms with Crippen molar-refractivity contribution >= 4 is 35.8 Å². The van der Waals surface area contributed by atoms with Gasteiger partial charge in [-0.25, -0.2) is 0 Å². The van der Waals surface area contributed by atoms with Crippen LogP contribution in [0.5, 0.6) is 0 Å². The maximum Gasteiger partial charge on any atom is 0.220 e. The molecule has 22 heavy (non-hydrogen) atoms. The largest absolute Gasteiger partial charge is 0.355 e. The van der Waals surface area contributed by atoms with Crippen LogP contribution in [0, 0.1) is 5.92 Å². The predicted octanol–water partition coefficient (Wildman–Crippen LogP) is 2.18. The van der Waals surface area contributed by atoms with Gasteiger partial charge >= 0.3 is 0 Å². The molecule has 2 aliphatic carbocycles. The van der Waals surface area contributed by atoms with Crippen LogP contribution >= 0.6 is 24.0 Å². The Hall–Kier alpha value is -0.790. The number of rotatable bonds is 6. The topological polar surface area (TPSA) is 65.5 Å². The molecule has 0 aromatic rings. The summed E-state index contributed by atoms with van der Waals surface area (Å²) in [6.07, 6.45) is 12.2. The van der Waals surface area contributed by atoms with Crippen LogP contribution in [0.15, 0.2) is 17.1 Å². The number of guanidine groups is 1. The van der Waals surface area contributed by atoms with Crippen LogP contribution in [0.1, 0.15) is 44.9 Å². The van der Waals surface area contributed by atoms with E-state index in [0.717, 1.165) is 18.8 Å². The molecular formula is C16H29IN4O. The van der Waals surface area contributed by atoms with Gasteiger partial charge in [0.05, 0.1) is 0 Å². The molecule has 2 aliphatic rings. The monoisotopic (exact) mass is 420 g/mol. The second-order valence-electron chi connectivity index (χ2n) is 5.99. The second kappa shape index (κ2) is 10.9. The lowest BCUT2D eigenvalue weighted by molar-refractivity contribution is -0.121. The van der Waals surface area contributed by atoms with E-state index in [9.17, 15) is 4.79 Å². The van der Waals surface area contributed by atoms with Crippen molar-refractivity contribution in [2.24, 2.45) is 10.9 Å². The van der Waals surface area contributed by atoms with Gasteiger partial charge in [0.15, 0.2) is 5.96 Å². The molecule has 1 amide bonds. The van der Waals surface area contributed by atoms with E-state index >= 15 is 0 Å². The first kappa shape index (κ1) is 19.3. The van der Waals surface area contributed by atoms with Gasteiger partial charge in [-0.05, 0) is 31.6 Å². The Labute approximate surface area is 150 Å². The number of hydrogen-bond donors (Lipinski definition) is 3. The first-order valence-corrected chi connectivity index (χ1v) is 8.17. The minimum Gasteiger partial charge on any atom is -0.355 e. The third-order valence-electron chi connectivity index (χ3n) is 4.26. The van der Waals surface area contributed by atoms with E-state index in [2.05, 4.69) is 33.1 Å². The van der Waals surface area contributed by atoms with E-state index in [0.29, 0.717) is 31.5 Å². The van der Waals surface area contributed by atoms with Crippen molar-refractivity contribution in [3.63, 3.8) is 0 Å². The molecule has 0 heterocycles. The maximum atomic E-state index is 11.8. The SMILES string of the molecule is CN=C(NCCNC(=O)CC1CCCC1)NC1CC=CC1.I. The minimum absolute atomic E-state index is 0. The summed E-state index contributed by atoms with van der Waals surface area (Å²) in [5.74, 6) is 1.61. The van der Waals surface area contributed by atoms with Gasteiger partial charge in [-0.15, -0.1) is 24.0 Å². The van der Waals surface area contributed by atoms with Gasteiger partial charge < -0.3 is 16.0 Å². The van der Waals surface area contributed by atoms with Gasteiger partial charge in [-0.2, -0.15) is 0 Å². The Morgan fingerprint density at radius 3 is 2.41 bits per heavy atom. The highest BCUT2D eigenvalue weighted by Crippen LogP contribution is 2.27. The lowest BCUT2D eigenvalue weighted by Gasteiger charge is -2.17. The lowest BCUT2D eigenvalue weighted by Crippen LogP contribution is -2.45. The highest BCUT2D eigenvalue weighted by molar-refractivity contribution is 14.0. The molecule has 6 heteroatoms. The van der Waals surface area contributed by atoms with Crippen molar-refractivity contribution in [2.75, 3.05) is 20.1 Å². The van der Waals surface area contributed by atoms with Gasteiger partial charge in [0.2, 0.25) is 5.91 Å². The average Bonchev–Trinajstić information content (AvgIpc) is 3.15. The zero-order chi connectivity index (χ0) is 14.9. The number of carbonyl (C=O) groups is 1. The molecule has 0 spiro atoms. The smallest absolute Gasteiger partial charge is 0.220 e. The van der Waals surface area contributed by atoms with Crippen molar-refractivity contribution in [2.45, 2.75) is 51.0 Å². The van der Waals surface area contributed by atoms with E-state index in [1.54, 1.807) is 7.05 Å². The van der Waals surface area contributed by atoms with Gasteiger partial charge in [0, 0.05) is 32.6 Å². The van der Waals surface area contributed by atoms with Crippen LogP contribution < -0.4 is 16.0 Å². The number of nitrogens with zero attached hydrogens (tertiary/aromatic N) is 1. The molecule has 1 saturated carbocycles. The summed E-state index contributed by atoms with van der Waals surface area (Å²) in [7, 11) is 1.77. The fourth-order valence-electron chi connectivity index (χ4n) is 3.05. The quantitative estimate of drug-likeness (QED) is 0.203. The number of amides is 1. The molecule has 0 bridgehead atoms. The predicted molar refractivity (Wildman–Crippen MR) is 102 cm³/mol. The lowest BCUT2D eigenvalue weighted by atomic mass is 10.0. The summed E-state index contributed by atoms with van der Waals surface area (Å²) in [5.41, 5.74) is 0. The molecule has 0 atom stereocenters. The third kappa shape index (κ3) is 6.98. The average molecular weight is 420 g/mol.